The molecule has 7 heteroatoms. The van der Waals surface area contributed by atoms with E-state index in [0.29, 0.717) is 38.4 Å². The molecule has 2 fully saturated rings. The third-order valence-corrected chi connectivity index (χ3v) is 6.80. The maximum absolute atomic E-state index is 13.1. The Hall–Kier alpha value is -1.47. The van der Waals surface area contributed by atoms with Crippen LogP contribution in [0.4, 0.5) is 4.39 Å². The molecule has 5 nitrogen and oxygen atoms in total. The Labute approximate surface area is 142 Å². The first-order valence-electron chi connectivity index (χ1n) is 8.46. The standard InChI is InChI=1S/C17H23FN2O3S/c1-13-4-2-10-19(12-13)17(21)16-5-3-11-20(16)24(22,23)15-8-6-14(18)7-9-15/h6-9,13,16H,2-5,10-12H2,1H3. The first kappa shape index (κ1) is 17.4. The van der Waals surface area contributed by atoms with Crippen molar-refractivity contribution in [3.8, 4) is 0 Å². The van der Waals surface area contributed by atoms with E-state index < -0.39 is 21.9 Å². The fourth-order valence-corrected chi connectivity index (χ4v) is 5.27. The van der Waals surface area contributed by atoms with Crippen molar-refractivity contribution in [2.75, 3.05) is 19.6 Å². The minimum Gasteiger partial charge on any atom is -0.341 e. The summed E-state index contributed by atoms with van der Waals surface area (Å²) in [6, 6.07) is 4.14. The van der Waals surface area contributed by atoms with Crippen LogP contribution in [0.5, 0.6) is 0 Å². The van der Waals surface area contributed by atoms with Gasteiger partial charge in [0.1, 0.15) is 11.9 Å². The van der Waals surface area contributed by atoms with E-state index in [9.17, 15) is 17.6 Å². The molecule has 0 N–H and O–H groups in total. The van der Waals surface area contributed by atoms with Crippen molar-refractivity contribution in [3.05, 3.63) is 30.1 Å². The van der Waals surface area contributed by atoms with E-state index in [1.807, 2.05) is 0 Å². The maximum atomic E-state index is 13.1. The van der Waals surface area contributed by atoms with Crippen LogP contribution in [0.3, 0.4) is 0 Å². The molecule has 2 unspecified atom stereocenters. The molecule has 132 valence electrons. The summed E-state index contributed by atoms with van der Waals surface area (Å²) in [6.45, 7) is 3.84. The van der Waals surface area contributed by atoms with Gasteiger partial charge in [0.15, 0.2) is 0 Å². The van der Waals surface area contributed by atoms with Crippen molar-refractivity contribution in [3.63, 3.8) is 0 Å². The summed E-state index contributed by atoms with van der Waals surface area (Å²) < 4.78 is 40.0. The molecule has 1 aromatic carbocycles. The molecule has 2 heterocycles. The number of hydrogen-bond acceptors (Lipinski definition) is 3. The van der Waals surface area contributed by atoms with E-state index in [0.717, 1.165) is 25.0 Å². The molecule has 0 bridgehead atoms. The number of likely N-dealkylation sites (tertiary alicyclic amines) is 1. The second-order valence-electron chi connectivity index (χ2n) is 6.76. The number of benzene rings is 1. The van der Waals surface area contributed by atoms with Gasteiger partial charge in [0, 0.05) is 19.6 Å². The van der Waals surface area contributed by atoms with Crippen LogP contribution in [0.25, 0.3) is 0 Å². The Bertz CT molecular complexity index is 705. The van der Waals surface area contributed by atoms with Crippen LogP contribution < -0.4 is 0 Å². The van der Waals surface area contributed by atoms with Crippen molar-refractivity contribution in [2.24, 2.45) is 5.92 Å². The van der Waals surface area contributed by atoms with Crippen LogP contribution in [0.15, 0.2) is 29.2 Å². The predicted molar refractivity (Wildman–Crippen MR) is 88.3 cm³/mol. The Morgan fingerprint density at radius 3 is 2.46 bits per heavy atom. The second kappa shape index (κ2) is 6.80. The third-order valence-electron chi connectivity index (χ3n) is 4.88. The average Bonchev–Trinajstić information content (AvgIpc) is 3.05. The predicted octanol–water partition coefficient (Wildman–Crippen LogP) is 2.24. The van der Waals surface area contributed by atoms with Crippen LogP contribution in [-0.2, 0) is 14.8 Å². The van der Waals surface area contributed by atoms with Gasteiger partial charge in [-0.3, -0.25) is 4.79 Å². The van der Waals surface area contributed by atoms with Gasteiger partial charge in [-0.2, -0.15) is 4.31 Å². The van der Waals surface area contributed by atoms with Crippen molar-refractivity contribution in [1.82, 2.24) is 9.21 Å². The lowest BCUT2D eigenvalue weighted by Gasteiger charge is -2.34. The van der Waals surface area contributed by atoms with Gasteiger partial charge in [-0.1, -0.05) is 6.92 Å². The van der Waals surface area contributed by atoms with Gasteiger partial charge in [-0.15, -0.1) is 0 Å². The van der Waals surface area contributed by atoms with Gasteiger partial charge < -0.3 is 4.90 Å². The maximum Gasteiger partial charge on any atom is 0.243 e. The van der Waals surface area contributed by atoms with Gasteiger partial charge in [0.25, 0.3) is 0 Å². The lowest BCUT2D eigenvalue weighted by atomic mass is 9.99. The molecule has 0 aliphatic carbocycles. The summed E-state index contributed by atoms with van der Waals surface area (Å²) in [5.41, 5.74) is 0. The average molecular weight is 354 g/mol. The van der Waals surface area contributed by atoms with Gasteiger partial charge in [0.05, 0.1) is 4.90 Å². The minimum atomic E-state index is -3.78. The van der Waals surface area contributed by atoms with E-state index in [1.165, 1.54) is 16.4 Å². The molecule has 24 heavy (non-hydrogen) atoms. The van der Waals surface area contributed by atoms with Crippen LogP contribution in [0.2, 0.25) is 0 Å². The molecule has 0 saturated carbocycles. The highest BCUT2D eigenvalue weighted by atomic mass is 32.2. The lowest BCUT2D eigenvalue weighted by molar-refractivity contribution is -0.136. The Morgan fingerprint density at radius 1 is 1.12 bits per heavy atom. The highest BCUT2D eigenvalue weighted by Gasteiger charge is 2.41. The number of rotatable bonds is 3. The number of nitrogens with zero attached hydrogens (tertiary/aromatic N) is 2. The number of halogens is 1. The first-order chi connectivity index (χ1) is 11.4. The number of sulfonamides is 1. The monoisotopic (exact) mass is 354 g/mol. The van der Waals surface area contributed by atoms with Crippen molar-refractivity contribution >= 4 is 15.9 Å². The largest absolute Gasteiger partial charge is 0.341 e. The zero-order valence-electron chi connectivity index (χ0n) is 13.8. The molecule has 0 aromatic heterocycles. The highest BCUT2D eigenvalue weighted by Crippen LogP contribution is 2.28. The van der Waals surface area contributed by atoms with Crippen molar-refractivity contribution in [1.29, 1.82) is 0 Å². The molecule has 2 saturated heterocycles. The SMILES string of the molecule is CC1CCCN(C(=O)C2CCCN2S(=O)(=O)c2ccc(F)cc2)C1. The van der Waals surface area contributed by atoms with E-state index in [-0.39, 0.29) is 10.8 Å². The molecule has 2 atom stereocenters. The third kappa shape index (κ3) is 3.32. The number of carbonyl (C=O) groups excluding carboxylic acids is 1. The molecule has 3 rings (SSSR count). The Morgan fingerprint density at radius 2 is 1.79 bits per heavy atom. The van der Waals surface area contributed by atoms with Crippen LogP contribution in [-0.4, -0.2) is 49.2 Å². The summed E-state index contributed by atoms with van der Waals surface area (Å²) in [5.74, 6) is -0.124. The number of hydrogen-bond donors (Lipinski definition) is 0. The van der Waals surface area contributed by atoms with E-state index in [4.69, 9.17) is 0 Å². The smallest absolute Gasteiger partial charge is 0.243 e. The van der Waals surface area contributed by atoms with Gasteiger partial charge in [-0.25, -0.2) is 12.8 Å². The molecule has 0 radical (unpaired) electrons. The fraction of sp³-hybridized carbons (Fsp3) is 0.588. The fourth-order valence-electron chi connectivity index (χ4n) is 3.62. The number of carbonyl (C=O) groups is 1. The zero-order valence-corrected chi connectivity index (χ0v) is 14.6. The van der Waals surface area contributed by atoms with Gasteiger partial charge in [-0.05, 0) is 55.9 Å². The van der Waals surface area contributed by atoms with Crippen LogP contribution >= 0.6 is 0 Å². The van der Waals surface area contributed by atoms with Crippen LogP contribution in [0, 0.1) is 11.7 Å². The molecule has 1 amide bonds. The van der Waals surface area contributed by atoms with Crippen molar-refractivity contribution in [2.45, 2.75) is 43.5 Å². The Balaban J connectivity index is 1.82. The quantitative estimate of drug-likeness (QED) is 0.836. The summed E-state index contributed by atoms with van der Waals surface area (Å²) >= 11 is 0. The first-order valence-corrected chi connectivity index (χ1v) is 9.90. The topological polar surface area (TPSA) is 57.7 Å². The molecular formula is C17H23FN2O3S. The number of amides is 1. The molecule has 2 aliphatic heterocycles. The highest BCUT2D eigenvalue weighted by molar-refractivity contribution is 7.89. The van der Waals surface area contributed by atoms with Crippen LogP contribution in [0.1, 0.15) is 32.6 Å². The molecule has 0 spiro atoms. The van der Waals surface area contributed by atoms with E-state index >= 15 is 0 Å². The van der Waals surface area contributed by atoms with Gasteiger partial charge >= 0.3 is 0 Å². The Kier molecular flexibility index (Phi) is 4.92. The normalized spacial score (nSPS) is 25.8. The summed E-state index contributed by atoms with van der Waals surface area (Å²) in [7, 11) is -3.78. The molecule has 2 aliphatic rings. The number of piperidine rings is 1. The second-order valence-corrected chi connectivity index (χ2v) is 8.65. The lowest BCUT2D eigenvalue weighted by Crippen LogP contribution is -2.50. The van der Waals surface area contributed by atoms with Gasteiger partial charge in [0.2, 0.25) is 15.9 Å². The van der Waals surface area contributed by atoms with E-state index in [2.05, 4.69) is 6.92 Å². The summed E-state index contributed by atoms with van der Waals surface area (Å²) in [5, 5.41) is 0. The summed E-state index contributed by atoms with van der Waals surface area (Å²) in [4.78, 5) is 14.7. The molecule has 1 aromatic rings. The summed E-state index contributed by atoms with van der Waals surface area (Å²) in [6.07, 6.45) is 3.28. The molecular weight excluding hydrogens is 331 g/mol. The zero-order chi connectivity index (χ0) is 17.3. The van der Waals surface area contributed by atoms with Crippen molar-refractivity contribution < 1.29 is 17.6 Å². The van der Waals surface area contributed by atoms with E-state index in [1.54, 1.807) is 4.90 Å². The minimum absolute atomic E-state index is 0.0376.